The molecule has 1 aromatic rings. The molecule has 0 radical (unpaired) electrons. The summed E-state index contributed by atoms with van der Waals surface area (Å²) in [4.78, 5) is 11.6. The second kappa shape index (κ2) is 6.68. The second-order valence-corrected chi connectivity index (χ2v) is 4.71. The van der Waals surface area contributed by atoms with E-state index in [1.807, 2.05) is 0 Å². The van der Waals surface area contributed by atoms with Crippen molar-refractivity contribution in [3.8, 4) is 0 Å². The van der Waals surface area contributed by atoms with Gasteiger partial charge in [0.05, 0.1) is 11.8 Å². The maximum Gasteiger partial charge on any atom is 0.254 e. The number of nitrogens with one attached hydrogen (secondary N) is 1. The molecule has 1 amide bonds. The molecule has 1 atom stereocenters. The van der Waals surface area contributed by atoms with E-state index < -0.39 is 0 Å². The highest BCUT2D eigenvalue weighted by Crippen LogP contribution is 2.07. The molecule has 0 aliphatic carbocycles. The highest BCUT2D eigenvalue weighted by atomic mass is 79.9. The summed E-state index contributed by atoms with van der Waals surface area (Å²) < 4.78 is 1.63. The van der Waals surface area contributed by atoms with Crippen LogP contribution in [0.1, 0.15) is 30.1 Å². The Balaban J connectivity index is 2.21. The molecule has 16 heavy (non-hydrogen) atoms. The van der Waals surface area contributed by atoms with E-state index in [1.54, 1.807) is 24.1 Å². The molecule has 0 bridgehead atoms. The molecule has 0 spiro atoms. The van der Waals surface area contributed by atoms with Gasteiger partial charge < -0.3 is 5.32 Å². The molecule has 0 fully saturated rings. The van der Waals surface area contributed by atoms with Crippen LogP contribution >= 0.6 is 15.9 Å². The minimum atomic E-state index is -0.0420. The highest BCUT2D eigenvalue weighted by Gasteiger charge is 2.06. The Morgan fingerprint density at radius 1 is 1.69 bits per heavy atom. The Morgan fingerprint density at radius 3 is 3.00 bits per heavy atom. The Morgan fingerprint density at radius 2 is 2.44 bits per heavy atom. The summed E-state index contributed by atoms with van der Waals surface area (Å²) in [5, 5.41) is 7.86. The topological polar surface area (TPSA) is 46.9 Å². The lowest BCUT2D eigenvalue weighted by Gasteiger charge is -2.07. The molecule has 0 aliphatic rings. The van der Waals surface area contributed by atoms with Crippen molar-refractivity contribution >= 4 is 21.8 Å². The quantitative estimate of drug-likeness (QED) is 0.642. The molecule has 4 nitrogen and oxygen atoms in total. The first-order chi connectivity index (χ1) is 7.63. The summed E-state index contributed by atoms with van der Waals surface area (Å²) in [6.45, 7) is 2.92. The minimum Gasteiger partial charge on any atom is -0.352 e. The van der Waals surface area contributed by atoms with Crippen molar-refractivity contribution in [2.45, 2.75) is 19.8 Å². The van der Waals surface area contributed by atoms with E-state index in [0.29, 0.717) is 11.5 Å². The number of carbonyl (C=O) groups is 1. The third kappa shape index (κ3) is 4.35. The number of nitrogens with zero attached hydrogens (tertiary/aromatic N) is 2. The van der Waals surface area contributed by atoms with E-state index in [9.17, 15) is 4.79 Å². The zero-order valence-corrected chi connectivity index (χ0v) is 11.3. The average molecular weight is 288 g/mol. The van der Waals surface area contributed by atoms with Crippen molar-refractivity contribution in [2.75, 3.05) is 11.9 Å². The summed E-state index contributed by atoms with van der Waals surface area (Å²) in [6.07, 6.45) is 5.43. The van der Waals surface area contributed by atoms with Crippen molar-refractivity contribution in [1.29, 1.82) is 0 Å². The number of halogens is 1. The molecule has 90 valence electrons. The van der Waals surface area contributed by atoms with E-state index in [4.69, 9.17) is 0 Å². The van der Waals surface area contributed by atoms with Gasteiger partial charge in [0.15, 0.2) is 0 Å². The molecular weight excluding hydrogens is 270 g/mol. The van der Waals surface area contributed by atoms with Crippen molar-refractivity contribution in [3.63, 3.8) is 0 Å². The van der Waals surface area contributed by atoms with Crippen LogP contribution in [0.2, 0.25) is 0 Å². The van der Waals surface area contributed by atoms with E-state index in [2.05, 4.69) is 33.3 Å². The molecule has 1 rings (SSSR count). The van der Waals surface area contributed by atoms with Gasteiger partial charge in [0.1, 0.15) is 0 Å². The first kappa shape index (κ1) is 13.2. The molecule has 0 aromatic carbocycles. The molecule has 1 unspecified atom stereocenters. The molecule has 1 aromatic heterocycles. The smallest absolute Gasteiger partial charge is 0.254 e. The van der Waals surface area contributed by atoms with Gasteiger partial charge in [0.2, 0.25) is 0 Å². The predicted molar refractivity (Wildman–Crippen MR) is 67.7 cm³/mol. The van der Waals surface area contributed by atoms with Gasteiger partial charge >= 0.3 is 0 Å². The minimum absolute atomic E-state index is 0.0420. The number of amides is 1. The number of hydrogen-bond acceptors (Lipinski definition) is 2. The maximum absolute atomic E-state index is 11.6. The largest absolute Gasteiger partial charge is 0.352 e. The van der Waals surface area contributed by atoms with Crippen LogP contribution in [-0.2, 0) is 7.05 Å². The SMILES string of the molecule is CC(CBr)CCCNC(=O)c1cnn(C)c1. The van der Waals surface area contributed by atoms with Crippen molar-refractivity contribution in [2.24, 2.45) is 13.0 Å². The first-order valence-electron chi connectivity index (χ1n) is 5.46. The van der Waals surface area contributed by atoms with Gasteiger partial charge in [-0.1, -0.05) is 22.9 Å². The van der Waals surface area contributed by atoms with Crippen LogP contribution in [-0.4, -0.2) is 27.6 Å². The third-order valence-electron chi connectivity index (χ3n) is 2.39. The summed E-state index contributed by atoms with van der Waals surface area (Å²) in [5.74, 6) is 0.620. The molecule has 1 N–H and O–H groups in total. The van der Waals surface area contributed by atoms with Crippen molar-refractivity contribution in [1.82, 2.24) is 15.1 Å². The molecule has 0 aliphatic heterocycles. The molecule has 1 heterocycles. The summed E-state index contributed by atoms with van der Waals surface area (Å²) >= 11 is 3.44. The van der Waals surface area contributed by atoms with Gasteiger partial charge in [0.25, 0.3) is 5.91 Å². The number of aromatic nitrogens is 2. The summed E-state index contributed by atoms with van der Waals surface area (Å²) in [6, 6.07) is 0. The van der Waals surface area contributed by atoms with E-state index >= 15 is 0 Å². The Bertz CT molecular complexity index is 338. The van der Waals surface area contributed by atoms with E-state index in [1.165, 1.54) is 0 Å². The molecule has 5 heteroatoms. The van der Waals surface area contributed by atoms with Gasteiger partial charge in [-0.2, -0.15) is 5.10 Å². The molecular formula is C11H18BrN3O. The van der Waals surface area contributed by atoms with Gasteiger partial charge in [-0.3, -0.25) is 9.48 Å². The Kier molecular flexibility index (Phi) is 5.52. The lowest BCUT2D eigenvalue weighted by atomic mass is 10.1. The van der Waals surface area contributed by atoms with Crippen molar-refractivity contribution < 1.29 is 4.79 Å². The van der Waals surface area contributed by atoms with Crippen LogP contribution in [0.4, 0.5) is 0 Å². The Labute approximate surface area is 105 Å². The third-order valence-corrected chi connectivity index (χ3v) is 3.50. The normalized spacial score (nSPS) is 12.4. The number of alkyl halides is 1. The van der Waals surface area contributed by atoms with Gasteiger partial charge in [-0.15, -0.1) is 0 Å². The van der Waals surface area contributed by atoms with E-state index in [-0.39, 0.29) is 5.91 Å². The average Bonchev–Trinajstić information content (AvgIpc) is 2.70. The summed E-state index contributed by atoms with van der Waals surface area (Å²) in [5.41, 5.74) is 0.621. The lowest BCUT2D eigenvalue weighted by Crippen LogP contribution is -2.24. The fourth-order valence-corrected chi connectivity index (χ4v) is 1.69. The zero-order chi connectivity index (χ0) is 12.0. The second-order valence-electron chi connectivity index (χ2n) is 4.06. The molecule has 0 saturated heterocycles. The van der Waals surface area contributed by atoms with Gasteiger partial charge in [-0.05, 0) is 18.8 Å². The van der Waals surface area contributed by atoms with Crippen LogP contribution in [0, 0.1) is 5.92 Å². The van der Waals surface area contributed by atoms with Crippen LogP contribution in [0.25, 0.3) is 0 Å². The number of hydrogen-bond donors (Lipinski definition) is 1. The fraction of sp³-hybridized carbons (Fsp3) is 0.636. The summed E-state index contributed by atoms with van der Waals surface area (Å²) in [7, 11) is 1.80. The standard InChI is InChI=1S/C11H18BrN3O/c1-9(6-12)4-3-5-13-11(16)10-7-14-15(2)8-10/h7-9H,3-6H2,1-2H3,(H,13,16). The zero-order valence-electron chi connectivity index (χ0n) is 9.74. The van der Waals surface area contributed by atoms with Gasteiger partial charge in [-0.25, -0.2) is 0 Å². The van der Waals surface area contributed by atoms with E-state index in [0.717, 1.165) is 24.7 Å². The maximum atomic E-state index is 11.6. The van der Waals surface area contributed by atoms with Crippen molar-refractivity contribution in [3.05, 3.63) is 18.0 Å². The lowest BCUT2D eigenvalue weighted by molar-refractivity contribution is 0.0952. The number of aryl methyl sites for hydroxylation is 1. The molecule has 0 saturated carbocycles. The fourth-order valence-electron chi connectivity index (χ4n) is 1.37. The van der Waals surface area contributed by atoms with Crippen LogP contribution in [0.15, 0.2) is 12.4 Å². The number of carbonyl (C=O) groups excluding carboxylic acids is 1. The first-order valence-corrected chi connectivity index (χ1v) is 6.58. The number of rotatable bonds is 6. The highest BCUT2D eigenvalue weighted by molar-refractivity contribution is 9.09. The monoisotopic (exact) mass is 287 g/mol. The predicted octanol–water partition coefficient (Wildman–Crippen LogP) is 1.96. The van der Waals surface area contributed by atoms with Crippen LogP contribution < -0.4 is 5.32 Å². The van der Waals surface area contributed by atoms with Crippen LogP contribution in [0.5, 0.6) is 0 Å². The Hall–Kier alpha value is -0.840. The van der Waals surface area contributed by atoms with Crippen LogP contribution in [0.3, 0.4) is 0 Å². The van der Waals surface area contributed by atoms with Gasteiger partial charge in [0, 0.05) is 25.1 Å².